The molecule has 4 aromatic carbocycles. The molecule has 0 atom stereocenters. The molecule has 1 heterocycles. The Morgan fingerprint density at radius 2 is 0.742 bits per heavy atom. The number of rotatable bonds is 28. The molecule has 0 aliphatic heterocycles. The van der Waals surface area contributed by atoms with Gasteiger partial charge in [-0.25, -0.2) is 9.59 Å². The third kappa shape index (κ3) is 17.9. The second-order valence-corrected chi connectivity index (χ2v) is 15.7. The lowest BCUT2D eigenvalue weighted by molar-refractivity contribution is 0.0147. The van der Waals surface area contributed by atoms with Crippen LogP contribution in [-0.4, -0.2) is 122 Å². The van der Waals surface area contributed by atoms with Crippen LogP contribution in [0.25, 0.3) is 0 Å². The van der Waals surface area contributed by atoms with E-state index >= 15 is 0 Å². The summed E-state index contributed by atoms with van der Waals surface area (Å²) >= 11 is 0. The minimum absolute atomic E-state index is 0.109. The van der Waals surface area contributed by atoms with Gasteiger partial charge in [0.15, 0.2) is 0 Å². The van der Waals surface area contributed by atoms with E-state index in [1.54, 1.807) is 24.0 Å². The van der Waals surface area contributed by atoms with Gasteiger partial charge >= 0.3 is 12.2 Å². The summed E-state index contributed by atoms with van der Waals surface area (Å²) < 4.78 is 44.7. The summed E-state index contributed by atoms with van der Waals surface area (Å²) in [5.41, 5.74) is 7.60. The molecule has 0 unspecified atom stereocenters. The molecule has 354 valence electrons. The Morgan fingerprint density at radius 1 is 0.424 bits per heavy atom. The van der Waals surface area contributed by atoms with Gasteiger partial charge in [-0.1, -0.05) is 54.6 Å². The predicted molar refractivity (Wildman–Crippen MR) is 254 cm³/mol. The first-order valence-electron chi connectivity index (χ1n) is 22.0. The molecule has 0 saturated carbocycles. The Morgan fingerprint density at radius 3 is 1.08 bits per heavy atom. The van der Waals surface area contributed by atoms with E-state index in [4.69, 9.17) is 37.9 Å². The van der Waals surface area contributed by atoms with E-state index in [-0.39, 0.29) is 26.4 Å². The minimum atomic E-state index is -0.425. The van der Waals surface area contributed by atoms with E-state index in [0.717, 1.165) is 56.5 Å². The number of carbonyl (C=O) groups is 2. The minimum Gasteiger partial charge on any atom is -0.497 e. The molecule has 5 rings (SSSR count). The highest BCUT2D eigenvalue weighted by molar-refractivity contribution is 5.68. The molecule has 2 amide bonds. The number of methoxy groups -OCH3 is 2. The molecule has 0 fully saturated rings. The maximum Gasteiger partial charge on any atom is 0.410 e. The maximum atomic E-state index is 13.2. The lowest BCUT2D eigenvalue weighted by Gasteiger charge is -2.23. The quantitative estimate of drug-likeness (QED) is 0.0450. The van der Waals surface area contributed by atoms with Gasteiger partial charge in [0, 0.05) is 65.7 Å². The van der Waals surface area contributed by atoms with Crippen molar-refractivity contribution in [2.24, 2.45) is 0 Å². The van der Waals surface area contributed by atoms with Crippen molar-refractivity contribution in [2.45, 2.75) is 39.4 Å². The second-order valence-electron chi connectivity index (χ2n) is 15.7. The second kappa shape index (κ2) is 27.8. The first kappa shape index (κ1) is 50.6. The van der Waals surface area contributed by atoms with Crippen LogP contribution in [0.1, 0.15) is 33.6 Å². The average Bonchev–Trinajstić information content (AvgIpc) is 3.33. The maximum absolute atomic E-state index is 13.2. The highest BCUT2D eigenvalue weighted by Gasteiger charge is 2.18. The predicted octanol–water partition coefficient (Wildman–Crippen LogP) is 7.98. The summed E-state index contributed by atoms with van der Waals surface area (Å²) in [7, 11) is 11.2. The zero-order valence-electron chi connectivity index (χ0n) is 39.2. The van der Waals surface area contributed by atoms with Crippen molar-refractivity contribution in [1.82, 2.24) is 14.8 Å². The molecule has 0 aliphatic carbocycles. The molecule has 0 aliphatic rings. The summed E-state index contributed by atoms with van der Waals surface area (Å²) in [5, 5.41) is 0. The number of amides is 2. The molecule has 5 aromatic rings. The Balaban J connectivity index is 0.935. The Hall–Kier alpha value is -6.39. The van der Waals surface area contributed by atoms with Crippen molar-refractivity contribution in [3.05, 3.63) is 149 Å². The fraction of sp³-hybridized carbons (Fsp3) is 0.392. The van der Waals surface area contributed by atoms with Crippen LogP contribution < -0.4 is 19.3 Å². The average molecular weight is 908 g/mol. The highest BCUT2D eigenvalue weighted by Crippen LogP contribution is 2.20. The van der Waals surface area contributed by atoms with Gasteiger partial charge in [0.1, 0.15) is 24.7 Å². The highest BCUT2D eigenvalue weighted by atomic mass is 16.6. The number of hydrogen-bond donors (Lipinski definition) is 0. The topological polar surface area (TPSA) is 134 Å². The molecule has 0 radical (unpaired) electrons. The molecule has 0 N–H and O–H groups in total. The van der Waals surface area contributed by atoms with Crippen LogP contribution in [0.5, 0.6) is 11.5 Å². The van der Waals surface area contributed by atoms with Crippen LogP contribution in [0.2, 0.25) is 0 Å². The lowest BCUT2D eigenvalue weighted by atomic mass is 10.1. The van der Waals surface area contributed by atoms with E-state index in [9.17, 15) is 9.59 Å². The third-order valence-electron chi connectivity index (χ3n) is 10.2. The van der Waals surface area contributed by atoms with Gasteiger partial charge in [0.2, 0.25) is 0 Å². The van der Waals surface area contributed by atoms with Crippen LogP contribution in [0, 0.1) is 0 Å². The van der Waals surface area contributed by atoms with E-state index in [1.165, 1.54) is 0 Å². The first-order valence-corrected chi connectivity index (χ1v) is 22.0. The molecular formula is C51H65N5O10. The van der Waals surface area contributed by atoms with Gasteiger partial charge in [-0.15, -0.1) is 0 Å². The van der Waals surface area contributed by atoms with E-state index in [2.05, 4.69) is 4.98 Å². The number of benzene rings is 4. The number of aromatic nitrogens is 1. The van der Waals surface area contributed by atoms with E-state index in [1.807, 2.05) is 153 Å². The summed E-state index contributed by atoms with van der Waals surface area (Å²) in [5.74, 6) is 1.50. The summed E-state index contributed by atoms with van der Waals surface area (Å²) in [4.78, 5) is 38.5. The van der Waals surface area contributed by atoms with E-state index in [0.29, 0.717) is 65.8 Å². The van der Waals surface area contributed by atoms with Gasteiger partial charge in [-0.2, -0.15) is 0 Å². The molecule has 0 saturated heterocycles. The fourth-order valence-corrected chi connectivity index (χ4v) is 6.55. The Kier molecular flexibility index (Phi) is 21.3. The lowest BCUT2D eigenvalue weighted by Crippen LogP contribution is -2.31. The largest absolute Gasteiger partial charge is 0.497 e. The zero-order valence-corrected chi connectivity index (χ0v) is 39.2. The number of nitrogens with zero attached hydrogens (tertiary/aromatic N) is 5. The molecule has 15 heteroatoms. The van der Waals surface area contributed by atoms with Crippen molar-refractivity contribution in [3.8, 4) is 11.5 Å². The Bertz CT molecular complexity index is 2000. The summed E-state index contributed by atoms with van der Waals surface area (Å²) in [6.45, 7) is 4.22. The standard InChI is InChI=1S/C51H65N5O10/c1-53(2)46-18-10-40(11-19-46)34-55(36-42-14-22-48(59-5)23-15-42)50(57)65-32-30-61-26-28-63-38-44-8-7-9-45(52-44)39-64-29-27-62-31-33-66-51(58)56(37-43-16-24-49(60-6)25-17-43)35-41-12-20-47(21-13-41)54(3)4/h7-25H,26-39H2,1-6H3. The molecule has 1 aromatic heterocycles. The SMILES string of the molecule is COc1ccc(CN(Cc2ccc(N(C)C)cc2)C(=O)OCCOCCOCc2cccc(COCCOCCOC(=O)N(Cc3ccc(OC)cc3)Cc3ccc(N(C)C)cc3)n2)cc1. The summed E-state index contributed by atoms with van der Waals surface area (Å²) in [6, 6.07) is 37.1. The first-order chi connectivity index (χ1) is 32.1. The normalized spacial score (nSPS) is 10.9. The summed E-state index contributed by atoms with van der Waals surface area (Å²) in [6.07, 6.45) is -0.850. The van der Waals surface area contributed by atoms with Crippen LogP contribution in [0.4, 0.5) is 21.0 Å². The van der Waals surface area contributed by atoms with Crippen molar-refractivity contribution < 1.29 is 47.5 Å². The molecule has 15 nitrogen and oxygen atoms in total. The van der Waals surface area contributed by atoms with Crippen molar-refractivity contribution in [2.75, 3.05) is 105 Å². The molecule has 0 spiro atoms. The van der Waals surface area contributed by atoms with Crippen molar-refractivity contribution in [1.29, 1.82) is 0 Å². The number of hydrogen-bond acceptors (Lipinski definition) is 13. The van der Waals surface area contributed by atoms with Gasteiger partial charge in [-0.3, -0.25) is 14.8 Å². The van der Waals surface area contributed by atoms with Gasteiger partial charge < -0.3 is 47.7 Å². The fourth-order valence-electron chi connectivity index (χ4n) is 6.55. The number of pyridine rings is 1. The van der Waals surface area contributed by atoms with Crippen LogP contribution in [-0.2, 0) is 67.8 Å². The number of carbonyl (C=O) groups excluding carboxylic acids is 2. The van der Waals surface area contributed by atoms with E-state index < -0.39 is 12.2 Å². The molecule has 0 bridgehead atoms. The van der Waals surface area contributed by atoms with Crippen LogP contribution >= 0.6 is 0 Å². The molecule has 66 heavy (non-hydrogen) atoms. The molecular weight excluding hydrogens is 843 g/mol. The number of anilines is 2. The third-order valence-corrected chi connectivity index (χ3v) is 10.2. The van der Waals surface area contributed by atoms with Gasteiger partial charge in [0.05, 0.1) is 78.5 Å². The van der Waals surface area contributed by atoms with Crippen LogP contribution in [0.15, 0.2) is 115 Å². The van der Waals surface area contributed by atoms with Gasteiger partial charge in [-0.05, 0) is 82.9 Å². The number of ether oxygens (including phenoxy) is 8. The van der Waals surface area contributed by atoms with Gasteiger partial charge in [0.25, 0.3) is 0 Å². The smallest absolute Gasteiger partial charge is 0.410 e. The van der Waals surface area contributed by atoms with Crippen molar-refractivity contribution >= 4 is 23.6 Å². The Labute approximate surface area is 389 Å². The zero-order chi connectivity index (χ0) is 46.9. The van der Waals surface area contributed by atoms with Crippen LogP contribution in [0.3, 0.4) is 0 Å². The monoisotopic (exact) mass is 907 g/mol. The van der Waals surface area contributed by atoms with Crippen molar-refractivity contribution in [3.63, 3.8) is 0 Å².